The molecule has 0 aromatic rings. The summed E-state index contributed by atoms with van der Waals surface area (Å²) in [4.78, 5) is 6.06. The van der Waals surface area contributed by atoms with Crippen LogP contribution in [-0.4, -0.2) is 62.0 Å². The van der Waals surface area contributed by atoms with Gasteiger partial charge in [0.05, 0.1) is 0 Å². The Kier molecular flexibility index (Phi) is 6.75. The third-order valence-corrected chi connectivity index (χ3v) is 17.7. The molecule has 0 spiro atoms. The Bertz CT molecular complexity index is 734. The molecule has 9 fully saturated rings. The fourth-order valence-corrected chi connectivity index (χ4v) is 19.9. The minimum absolute atomic E-state index is 0.0173. The zero-order valence-corrected chi connectivity index (χ0v) is 27.2. The van der Waals surface area contributed by atoms with E-state index in [0.29, 0.717) is 24.2 Å². The van der Waals surface area contributed by atoms with Crippen molar-refractivity contribution in [2.75, 3.05) is 0 Å². The van der Waals surface area contributed by atoms with Gasteiger partial charge in [-0.3, -0.25) is 9.80 Å². The molecule has 0 heterocycles. The van der Waals surface area contributed by atoms with E-state index in [-0.39, 0.29) is 7.92 Å². The molecule has 2 nitrogen and oxygen atoms in total. The SMILES string of the molecule is CC(C)N(C(C)C)C1C(N(C(C)C)C(C)C)C1P(C12CC3CC(CC(C3)C1)C2)C12CC3CC(CC(C3)C1)C2. The number of rotatable bonds is 9. The van der Waals surface area contributed by atoms with E-state index in [4.69, 9.17) is 0 Å². The average molecular weight is 541 g/mol. The van der Waals surface area contributed by atoms with Gasteiger partial charge in [-0.15, -0.1) is 0 Å². The summed E-state index contributed by atoms with van der Waals surface area (Å²) in [5, 5.41) is 1.49. The van der Waals surface area contributed by atoms with Crippen LogP contribution in [0.3, 0.4) is 0 Å². The molecule has 9 aliphatic carbocycles. The molecule has 9 saturated carbocycles. The number of hydrogen-bond donors (Lipinski definition) is 0. The Hall–Kier alpha value is 0.350. The normalized spacial score (nSPS) is 49.6. The molecule has 9 rings (SSSR count). The van der Waals surface area contributed by atoms with Crippen LogP contribution in [-0.2, 0) is 0 Å². The molecule has 0 radical (unpaired) electrons. The Labute approximate surface area is 237 Å². The maximum Gasteiger partial charge on any atom is 0.0347 e. The molecule has 8 bridgehead atoms. The predicted octanol–water partition coefficient (Wildman–Crippen LogP) is 8.76. The maximum atomic E-state index is 3.03. The minimum Gasteiger partial charge on any atom is -0.293 e. The van der Waals surface area contributed by atoms with Crippen molar-refractivity contribution in [2.24, 2.45) is 35.5 Å². The smallest absolute Gasteiger partial charge is 0.0347 e. The average Bonchev–Trinajstić information content (AvgIpc) is 3.42. The van der Waals surface area contributed by atoms with Gasteiger partial charge in [-0.25, -0.2) is 0 Å². The molecule has 0 amide bonds. The first-order chi connectivity index (χ1) is 18.0. The van der Waals surface area contributed by atoms with Crippen molar-refractivity contribution in [3.05, 3.63) is 0 Å². The highest BCUT2D eigenvalue weighted by Gasteiger charge is 2.72. The zero-order valence-electron chi connectivity index (χ0n) is 26.3. The Morgan fingerprint density at radius 3 is 0.895 bits per heavy atom. The first-order valence-electron chi connectivity index (χ1n) is 17.3. The van der Waals surface area contributed by atoms with E-state index >= 15 is 0 Å². The van der Waals surface area contributed by atoms with Crippen molar-refractivity contribution in [1.29, 1.82) is 0 Å². The van der Waals surface area contributed by atoms with Gasteiger partial charge < -0.3 is 0 Å². The van der Waals surface area contributed by atoms with Gasteiger partial charge in [0.25, 0.3) is 0 Å². The van der Waals surface area contributed by atoms with Gasteiger partial charge in [0.15, 0.2) is 0 Å². The maximum absolute atomic E-state index is 3.03. The van der Waals surface area contributed by atoms with Gasteiger partial charge in [0.2, 0.25) is 0 Å². The van der Waals surface area contributed by atoms with Crippen LogP contribution in [0.15, 0.2) is 0 Å². The second kappa shape index (κ2) is 9.43. The lowest BCUT2D eigenvalue weighted by Crippen LogP contribution is -2.57. The van der Waals surface area contributed by atoms with Gasteiger partial charge >= 0.3 is 0 Å². The van der Waals surface area contributed by atoms with E-state index < -0.39 is 0 Å². The first-order valence-corrected chi connectivity index (χ1v) is 18.8. The van der Waals surface area contributed by atoms with E-state index in [1.165, 1.54) is 0 Å². The van der Waals surface area contributed by atoms with Crippen LogP contribution in [0.5, 0.6) is 0 Å². The molecular weight excluding hydrogens is 479 g/mol. The summed E-state index contributed by atoms with van der Waals surface area (Å²) < 4.78 is 0. The molecule has 216 valence electrons. The molecular formula is C35H61N2P. The molecule has 0 aromatic heterocycles. The lowest BCUT2D eigenvalue weighted by Gasteiger charge is -2.68. The third-order valence-electron chi connectivity index (χ3n) is 13.3. The number of hydrogen-bond acceptors (Lipinski definition) is 2. The first kappa shape index (κ1) is 27.2. The van der Waals surface area contributed by atoms with E-state index in [1.54, 1.807) is 77.0 Å². The van der Waals surface area contributed by atoms with Crippen molar-refractivity contribution in [3.63, 3.8) is 0 Å². The van der Waals surface area contributed by atoms with E-state index in [2.05, 4.69) is 65.2 Å². The fourth-order valence-electron chi connectivity index (χ4n) is 13.7. The van der Waals surface area contributed by atoms with Gasteiger partial charge in [0.1, 0.15) is 0 Å². The molecule has 2 atom stereocenters. The molecule has 3 heteroatoms. The molecule has 2 unspecified atom stereocenters. The van der Waals surface area contributed by atoms with Gasteiger partial charge in [-0.05, 0) is 178 Å². The standard InChI is InChI=1S/C35H61N2P/c1-21(2)36(22(3)4)31-32(37(23(5)6)24(7)8)33(31)38(34-15-25-9-26(16-34)11-27(10-25)17-34)35-18-28-12-29(19-35)14-30(13-28)20-35/h21-33H,9-20H2,1-8H3. The largest absolute Gasteiger partial charge is 0.293 e. The van der Waals surface area contributed by atoms with Crippen LogP contribution >= 0.6 is 7.92 Å². The summed E-state index contributed by atoms with van der Waals surface area (Å²) in [6.45, 7) is 20.1. The highest BCUT2D eigenvalue weighted by atomic mass is 31.1. The van der Waals surface area contributed by atoms with Crippen molar-refractivity contribution in [3.8, 4) is 0 Å². The highest BCUT2D eigenvalue weighted by Crippen LogP contribution is 2.83. The van der Waals surface area contributed by atoms with E-state index in [9.17, 15) is 0 Å². The van der Waals surface area contributed by atoms with Crippen molar-refractivity contribution in [2.45, 2.75) is 185 Å². The Balaban J connectivity index is 1.35. The summed E-state index contributed by atoms with van der Waals surface area (Å²) >= 11 is 0. The molecule has 0 N–H and O–H groups in total. The van der Waals surface area contributed by atoms with Crippen LogP contribution in [0.25, 0.3) is 0 Å². The van der Waals surface area contributed by atoms with Crippen LogP contribution < -0.4 is 0 Å². The Morgan fingerprint density at radius 1 is 0.447 bits per heavy atom. The lowest BCUT2D eigenvalue weighted by atomic mass is 9.55. The van der Waals surface area contributed by atoms with Crippen LogP contribution in [0.2, 0.25) is 0 Å². The summed E-state index contributed by atoms with van der Waals surface area (Å²) in [6.07, 6.45) is 19.5. The minimum atomic E-state index is 0.0173. The quantitative estimate of drug-likeness (QED) is 0.270. The predicted molar refractivity (Wildman–Crippen MR) is 164 cm³/mol. The second-order valence-electron chi connectivity index (χ2n) is 17.4. The summed E-state index contributed by atoms with van der Waals surface area (Å²) in [5.41, 5.74) is 0.965. The van der Waals surface area contributed by atoms with Gasteiger partial charge in [-0.2, -0.15) is 0 Å². The topological polar surface area (TPSA) is 6.48 Å². The third kappa shape index (κ3) is 4.17. The van der Waals surface area contributed by atoms with Crippen LogP contribution in [0.1, 0.15) is 132 Å². The zero-order chi connectivity index (χ0) is 26.7. The summed E-state index contributed by atoms with van der Waals surface area (Å²) in [7, 11) is 0.0173. The molecule has 9 aliphatic rings. The molecule has 38 heavy (non-hydrogen) atoms. The Morgan fingerprint density at radius 2 is 0.684 bits per heavy atom. The fraction of sp³-hybridized carbons (Fsp3) is 1.00. The van der Waals surface area contributed by atoms with Crippen molar-refractivity contribution in [1.82, 2.24) is 9.80 Å². The lowest BCUT2D eigenvalue weighted by molar-refractivity contribution is 0.0180. The molecule has 0 aliphatic heterocycles. The van der Waals surface area contributed by atoms with Crippen LogP contribution in [0.4, 0.5) is 0 Å². The number of nitrogens with zero attached hydrogens (tertiary/aromatic N) is 2. The van der Waals surface area contributed by atoms with E-state index in [0.717, 1.165) is 63.6 Å². The second-order valence-corrected chi connectivity index (χ2v) is 20.6. The van der Waals surface area contributed by atoms with E-state index in [1.807, 2.05) is 0 Å². The highest BCUT2D eigenvalue weighted by molar-refractivity contribution is 7.62. The summed E-state index contributed by atoms with van der Waals surface area (Å²) in [5.74, 6) is 6.55. The van der Waals surface area contributed by atoms with Crippen molar-refractivity contribution >= 4 is 7.92 Å². The van der Waals surface area contributed by atoms with Gasteiger partial charge in [0, 0.05) is 41.9 Å². The molecule has 0 aromatic carbocycles. The van der Waals surface area contributed by atoms with Crippen LogP contribution in [0, 0.1) is 35.5 Å². The molecule has 0 saturated heterocycles. The monoisotopic (exact) mass is 540 g/mol. The van der Waals surface area contributed by atoms with Gasteiger partial charge in [-0.1, -0.05) is 7.92 Å². The summed E-state index contributed by atoms with van der Waals surface area (Å²) in [6, 6.07) is 4.20. The van der Waals surface area contributed by atoms with Crippen molar-refractivity contribution < 1.29 is 0 Å².